The number of aromatic nitrogens is 2. The second-order valence-corrected chi connectivity index (χ2v) is 7.65. The molecule has 0 aliphatic carbocycles. The van der Waals surface area contributed by atoms with Crippen LogP contribution in [0.15, 0.2) is 23.9 Å². The van der Waals surface area contributed by atoms with Crippen molar-refractivity contribution in [3.05, 3.63) is 51.2 Å². The van der Waals surface area contributed by atoms with E-state index in [9.17, 15) is 4.79 Å². The smallest absolute Gasteiger partial charge is 0.223 e. The molecule has 4 nitrogen and oxygen atoms in total. The van der Waals surface area contributed by atoms with Crippen molar-refractivity contribution in [1.29, 1.82) is 0 Å². The van der Waals surface area contributed by atoms with Crippen LogP contribution < -0.4 is 4.74 Å². The van der Waals surface area contributed by atoms with Crippen molar-refractivity contribution in [2.75, 3.05) is 6.61 Å². The van der Waals surface area contributed by atoms with Gasteiger partial charge in [-0.15, -0.1) is 0 Å². The number of hydrogen-bond acceptors (Lipinski definition) is 3. The molecule has 5 heteroatoms. The first-order chi connectivity index (χ1) is 12.1. The molecule has 0 aliphatic rings. The molecular formula is C21H27ClN2O2. The average Bonchev–Trinajstić information content (AvgIpc) is 2.93. The van der Waals surface area contributed by atoms with Crippen LogP contribution >= 0.6 is 11.6 Å². The second kappa shape index (κ2) is 8.09. The normalized spacial score (nSPS) is 11.0. The van der Waals surface area contributed by atoms with Crippen LogP contribution in [0.5, 0.6) is 5.88 Å². The number of halogens is 1. The maximum Gasteiger partial charge on any atom is 0.223 e. The maximum absolute atomic E-state index is 13.2. The van der Waals surface area contributed by atoms with Crippen LogP contribution in [-0.2, 0) is 7.05 Å². The average molecular weight is 375 g/mol. The molecule has 140 valence electrons. The Hall–Kier alpha value is -2.07. The number of carbonyl (C=O) groups is 1. The number of rotatable bonds is 6. The summed E-state index contributed by atoms with van der Waals surface area (Å²) in [7, 11) is 1.78. The number of carbonyl (C=O) groups excluding carboxylic acids is 1. The van der Waals surface area contributed by atoms with Gasteiger partial charge in [-0.25, -0.2) is 4.68 Å². The fourth-order valence-corrected chi connectivity index (χ4v) is 3.13. The molecule has 0 bridgehead atoms. The fourth-order valence-electron chi connectivity index (χ4n) is 2.78. The minimum absolute atomic E-state index is 0.103. The highest BCUT2D eigenvalue weighted by atomic mass is 35.5. The Balaban J connectivity index is 2.53. The second-order valence-electron chi connectivity index (χ2n) is 7.24. The quantitative estimate of drug-likeness (QED) is 0.630. The molecule has 0 spiro atoms. The summed E-state index contributed by atoms with van der Waals surface area (Å²) in [5, 5.41) is 4.86. The summed E-state index contributed by atoms with van der Waals surface area (Å²) in [4.78, 5) is 13.2. The van der Waals surface area contributed by atoms with Crippen molar-refractivity contribution in [3.63, 3.8) is 0 Å². The van der Waals surface area contributed by atoms with Crippen molar-refractivity contribution in [3.8, 4) is 5.88 Å². The van der Waals surface area contributed by atoms with Crippen molar-refractivity contribution in [2.45, 2.75) is 41.5 Å². The highest BCUT2D eigenvalue weighted by molar-refractivity contribution is 6.32. The Morgan fingerprint density at radius 2 is 1.88 bits per heavy atom. The van der Waals surface area contributed by atoms with Crippen LogP contribution in [-0.4, -0.2) is 22.2 Å². The topological polar surface area (TPSA) is 44.1 Å². The Morgan fingerprint density at radius 1 is 1.23 bits per heavy atom. The predicted octanol–water partition coefficient (Wildman–Crippen LogP) is 5.46. The molecule has 0 saturated carbocycles. The molecule has 26 heavy (non-hydrogen) atoms. The molecule has 0 aliphatic heterocycles. The minimum Gasteiger partial charge on any atom is -0.477 e. The van der Waals surface area contributed by atoms with Crippen molar-refractivity contribution in [1.82, 2.24) is 9.78 Å². The molecule has 0 unspecified atom stereocenters. The van der Waals surface area contributed by atoms with Gasteiger partial charge in [0.2, 0.25) is 5.88 Å². The summed E-state index contributed by atoms with van der Waals surface area (Å²) in [6.07, 6.45) is 1.57. The van der Waals surface area contributed by atoms with Crippen LogP contribution in [0.1, 0.15) is 61.7 Å². The van der Waals surface area contributed by atoms with Gasteiger partial charge in [-0.05, 0) is 62.4 Å². The summed E-state index contributed by atoms with van der Waals surface area (Å²) < 4.78 is 7.44. The van der Waals surface area contributed by atoms with E-state index in [1.54, 1.807) is 30.1 Å². The number of allylic oxidation sites excluding steroid dienone is 2. The fraction of sp³-hybridized carbons (Fsp3) is 0.429. The zero-order valence-corrected chi connectivity index (χ0v) is 17.4. The van der Waals surface area contributed by atoms with Crippen LogP contribution in [0, 0.1) is 12.8 Å². The van der Waals surface area contributed by atoms with Crippen LogP contribution in [0.25, 0.3) is 5.57 Å². The van der Waals surface area contributed by atoms with Gasteiger partial charge in [0.15, 0.2) is 5.78 Å². The van der Waals surface area contributed by atoms with E-state index in [1.807, 2.05) is 27.7 Å². The molecule has 0 fully saturated rings. The van der Waals surface area contributed by atoms with E-state index in [1.165, 1.54) is 5.57 Å². The van der Waals surface area contributed by atoms with E-state index < -0.39 is 0 Å². The Labute approximate surface area is 160 Å². The molecule has 0 saturated heterocycles. The SMILES string of the molecule is CC(C)=C(C)c1c(Cl)ccc(C(=O)c2cnn(C)c2OCC(C)C)c1C. The lowest BCUT2D eigenvalue weighted by Gasteiger charge is -2.15. The maximum atomic E-state index is 13.2. The van der Waals surface area contributed by atoms with Gasteiger partial charge < -0.3 is 4.74 Å². The van der Waals surface area contributed by atoms with Gasteiger partial charge in [-0.3, -0.25) is 4.79 Å². The number of ketones is 1. The van der Waals surface area contributed by atoms with Crippen molar-refractivity contribution >= 4 is 23.0 Å². The third-order valence-corrected chi connectivity index (χ3v) is 4.78. The monoisotopic (exact) mass is 374 g/mol. The Bertz CT molecular complexity index is 859. The molecule has 1 heterocycles. The van der Waals surface area contributed by atoms with Gasteiger partial charge in [0.05, 0.1) is 12.8 Å². The highest BCUT2D eigenvalue weighted by Gasteiger charge is 2.23. The van der Waals surface area contributed by atoms with Crippen molar-refractivity contribution in [2.24, 2.45) is 13.0 Å². The van der Waals surface area contributed by atoms with E-state index in [0.29, 0.717) is 34.6 Å². The van der Waals surface area contributed by atoms with E-state index in [4.69, 9.17) is 16.3 Å². The zero-order valence-electron chi connectivity index (χ0n) is 16.6. The number of benzene rings is 1. The number of nitrogens with zero attached hydrogens (tertiary/aromatic N) is 2. The summed E-state index contributed by atoms with van der Waals surface area (Å²) in [6, 6.07) is 3.57. The lowest BCUT2D eigenvalue weighted by atomic mass is 9.92. The largest absolute Gasteiger partial charge is 0.477 e. The molecule has 2 rings (SSSR count). The van der Waals surface area contributed by atoms with Gasteiger partial charge in [0, 0.05) is 17.6 Å². The molecule has 0 atom stereocenters. The van der Waals surface area contributed by atoms with E-state index in [2.05, 4.69) is 18.9 Å². The molecule has 1 aromatic heterocycles. The lowest BCUT2D eigenvalue weighted by molar-refractivity contribution is 0.103. The number of aryl methyl sites for hydroxylation is 1. The van der Waals surface area contributed by atoms with Crippen LogP contribution in [0.4, 0.5) is 0 Å². The molecule has 0 N–H and O–H groups in total. The first-order valence-electron chi connectivity index (χ1n) is 8.78. The lowest BCUT2D eigenvalue weighted by Crippen LogP contribution is -2.12. The summed E-state index contributed by atoms with van der Waals surface area (Å²) >= 11 is 6.42. The van der Waals surface area contributed by atoms with Gasteiger partial charge in [-0.2, -0.15) is 5.10 Å². The predicted molar refractivity (Wildman–Crippen MR) is 107 cm³/mol. The van der Waals surface area contributed by atoms with E-state index >= 15 is 0 Å². The Kier molecular flexibility index (Phi) is 6.30. The van der Waals surface area contributed by atoms with E-state index in [-0.39, 0.29) is 5.78 Å². The van der Waals surface area contributed by atoms with Gasteiger partial charge >= 0.3 is 0 Å². The van der Waals surface area contributed by atoms with Gasteiger partial charge in [-0.1, -0.05) is 31.0 Å². The summed E-state index contributed by atoms with van der Waals surface area (Å²) in [6.45, 7) is 12.7. The third-order valence-electron chi connectivity index (χ3n) is 4.47. The highest BCUT2D eigenvalue weighted by Crippen LogP contribution is 2.33. The standard InChI is InChI=1S/C21H27ClN2O2/c1-12(2)11-26-21-17(10-23-24(21)7)20(25)16-8-9-18(22)19(15(16)6)14(5)13(3)4/h8-10,12H,11H2,1-7H3. The molecule has 0 radical (unpaired) electrons. The Morgan fingerprint density at radius 3 is 2.46 bits per heavy atom. The summed E-state index contributed by atoms with van der Waals surface area (Å²) in [5.74, 6) is 0.754. The number of hydrogen-bond donors (Lipinski definition) is 0. The first kappa shape index (κ1) is 20.2. The minimum atomic E-state index is -0.103. The molecule has 1 aromatic carbocycles. The van der Waals surface area contributed by atoms with Crippen molar-refractivity contribution < 1.29 is 9.53 Å². The third kappa shape index (κ3) is 4.01. The van der Waals surface area contributed by atoms with Gasteiger partial charge in [0.25, 0.3) is 0 Å². The van der Waals surface area contributed by atoms with Crippen LogP contribution in [0.3, 0.4) is 0 Å². The molecular weight excluding hydrogens is 348 g/mol. The van der Waals surface area contributed by atoms with Crippen LogP contribution in [0.2, 0.25) is 5.02 Å². The zero-order chi connectivity index (χ0) is 19.6. The van der Waals surface area contributed by atoms with E-state index in [0.717, 1.165) is 16.7 Å². The summed E-state index contributed by atoms with van der Waals surface area (Å²) in [5.41, 5.74) is 5.14. The number of ether oxygens (including phenoxy) is 1. The molecule has 2 aromatic rings. The van der Waals surface area contributed by atoms with Gasteiger partial charge in [0.1, 0.15) is 5.56 Å². The first-order valence-corrected chi connectivity index (χ1v) is 9.16. The molecule has 0 amide bonds.